The first kappa shape index (κ1) is 13.7. The predicted molar refractivity (Wildman–Crippen MR) is 44.0 cm³/mol. The molecule has 1 saturated carbocycles. The second-order valence-corrected chi connectivity index (χ2v) is 3.07. The van der Waals surface area contributed by atoms with E-state index in [0.717, 1.165) is 0 Å². The summed E-state index contributed by atoms with van der Waals surface area (Å²) in [6, 6.07) is 0. The first-order chi connectivity index (χ1) is 6.11. The topological polar surface area (TPSA) is 71.4 Å². The van der Waals surface area contributed by atoms with Gasteiger partial charge in [-0.1, -0.05) is 0 Å². The van der Waals surface area contributed by atoms with Crippen molar-refractivity contribution in [1.82, 2.24) is 0 Å². The summed E-state index contributed by atoms with van der Waals surface area (Å²) in [5.41, 5.74) is 0. The molecule has 5 heteroatoms. The zero-order chi connectivity index (χ0) is 9.84. The van der Waals surface area contributed by atoms with Crippen LogP contribution in [0.15, 0.2) is 0 Å². The smallest absolute Gasteiger partial charge is 0.481 e. The Kier molecular flexibility index (Phi) is 6.08. The maximum Gasteiger partial charge on any atom is 1.00 e. The van der Waals surface area contributed by atoms with Gasteiger partial charge in [-0.15, -0.1) is 6.42 Å². The minimum Gasteiger partial charge on any atom is -0.481 e. The second-order valence-electron chi connectivity index (χ2n) is 3.07. The molecule has 1 aliphatic carbocycles. The van der Waals surface area contributed by atoms with E-state index >= 15 is 0 Å². The molecule has 1 aliphatic rings. The quantitative estimate of drug-likeness (QED) is 0.418. The molecule has 0 atom stereocenters. The van der Waals surface area contributed by atoms with Crippen molar-refractivity contribution in [2.45, 2.75) is 32.1 Å². The van der Waals surface area contributed by atoms with Crippen molar-refractivity contribution in [1.29, 1.82) is 0 Å². The van der Waals surface area contributed by atoms with E-state index in [-0.39, 0.29) is 59.9 Å². The Morgan fingerprint density at radius 3 is 2.21 bits per heavy atom. The summed E-state index contributed by atoms with van der Waals surface area (Å²) in [6.45, 7) is 0. The summed E-state index contributed by atoms with van der Waals surface area (Å²) in [4.78, 5) is 32.6. The number of aliphatic carboxylic acids is 1. The molecule has 1 N–H and O–H groups in total. The molecule has 72 valence electrons. The third kappa shape index (κ3) is 3.82. The maximum absolute atomic E-state index is 11.2. The van der Waals surface area contributed by atoms with Crippen LogP contribution < -0.4 is 29.6 Å². The van der Waals surface area contributed by atoms with Gasteiger partial charge in [-0.3, -0.25) is 4.79 Å². The number of hydrogen-bond donors (Lipinski definition) is 1. The Morgan fingerprint density at radius 2 is 1.79 bits per heavy atom. The molecular weight excluding hydrogens is 195 g/mol. The number of hydrogen-bond acceptors (Lipinski definition) is 3. The predicted octanol–water partition coefficient (Wildman–Crippen LogP) is -2.25. The number of rotatable bonds is 3. The first-order valence-electron chi connectivity index (χ1n) is 4.25. The number of carbonyl (C=O) groups excluding carboxylic acids is 2. The second kappa shape index (κ2) is 6.22. The number of carboxylic acids is 1. The number of ketones is 2. The molecule has 0 radical (unpaired) electrons. The van der Waals surface area contributed by atoms with Gasteiger partial charge in [-0.2, -0.15) is 0 Å². The number of carboxylic acid groups (broad SMARTS) is 1. The van der Waals surface area contributed by atoms with E-state index in [4.69, 9.17) is 5.11 Å². The molecule has 0 aromatic carbocycles. The normalized spacial score (nSPS) is 16.4. The van der Waals surface area contributed by atoms with Crippen LogP contribution in [-0.2, 0) is 14.4 Å². The Bertz CT molecular complexity index is 233. The zero-order valence-electron chi connectivity index (χ0n) is 8.21. The van der Waals surface area contributed by atoms with Crippen molar-refractivity contribution >= 4 is 17.5 Å². The van der Waals surface area contributed by atoms with Crippen LogP contribution in [0.5, 0.6) is 0 Å². The third-order valence-electron chi connectivity index (χ3n) is 2.07. The van der Waals surface area contributed by atoms with Crippen LogP contribution in [0.2, 0.25) is 0 Å². The van der Waals surface area contributed by atoms with Gasteiger partial charge < -0.3 is 14.7 Å². The van der Waals surface area contributed by atoms with Gasteiger partial charge >= 0.3 is 35.5 Å². The monoisotopic (exact) mass is 206 g/mol. The molecule has 0 heterocycles. The van der Waals surface area contributed by atoms with Crippen molar-refractivity contribution in [3.8, 4) is 0 Å². The van der Waals surface area contributed by atoms with Crippen LogP contribution in [0.4, 0.5) is 0 Å². The van der Waals surface area contributed by atoms with Gasteiger partial charge in [0.2, 0.25) is 0 Å². The molecule has 0 bridgehead atoms. The minimum atomic E-state index is -0.973. The summed E-state index contributed by atoms with van der Waals surface area (Å²) in [5.74, 6) is -1.11. The van der Waals surface area contributed by atoms with E-state index in [1.165, 1.54) is 0 Å². The van der Waals surface area contributed by atoms with E-state index in [0.29, 0.717) is 19.3 Å². The molecule has 0 saturated heterocycles. The van der Waals surface area contributed by atoms with Crippen LogP contribution in [0.1, 0.15) is 32.1 Å². The van der Waals surface area contributed by atoms with Crippen molar-refractivity contribution in [2.24, 2.45) is 0 Å². The van der Waals surface area contributed by atoms with E-state index in [2.05, 4.69) is 0 Å². The Labute approximate surface area is 104 Å². The molecule has 1 rings (SSSR count). The Morgan fingerprint density at radius 1 is 1.29 bits per heavy atom. The molecule has 4 nitrogen and oxygen atoms in total. The van der Waals surface area contributed by atoms with Gasteiger partial charge in [0, 0.05) is 18.0 Å². The van der Waals surface area contributed by atoms with Crippen molar-refractivity contribution in [3.63, 3.8) is 0 Å². The number of Topliss-reactive ketones (excluding diaryl/α,β-unsaturated/α-hetero) is 2. The number of carbonyl (C=O) groups is 3. The fourth-order valence-electron chi connectivity index (χ4n) is 1.38. The van der Waals surface area contributed by atoms with Crippen molar-refractivity contribution < 1.29 is 49.0 Å². The maximum atomic E-state index is 11.2. The average Bonchev–Trinajstić information content (AvgIpc) is 2.03. The fourth-order valence-corrected chi connectivity index (χ4v) is 1.38. The molecule has 1 fully saturated rings. The molecule has 0 aromatic rings. The van der Waals surface area contributed by atoms with E-state index in [1.54, 1.807) is 0 Å². The standard InChI is InChI=1S/C9H11O4.Na/c10-7-2-1-3-8(11)6(7)4-5-9(12)13;/h1-5H2,(H,12,13);/q-1;+1. The van der Waals surface area contributed by atoms with E-state index < -0.39 is 5.97 Å². The molecule has 0 spiro atoms. The van der Waals surface area contributed by atoms with Crippen LogP contribution >= 0.6 is 0 Å². The molecule has 0 unspecified atom stereocenters. The van der Waals surface area contributed by atoms with Crippen molar-refractivity contribution in [2.75, 3.05) is 0 Å². The third-order valence-corrected chi connectivity index (χ3v) is 2.07. The van der Waals surface area contributed by atoms with Crippen LogP contribution in [0.3, 0.4) is 0 Å². The van der Waals surface area contributed by atoms with Crippen LogP contribution in [0, 0.1) is 5.92 Å². The summed E-state index contributed by atoms with van der Waals surface area (Å²) in [6.07, 6.45) is 1.34. The zero-order valence-corrected chi connectivity index (χ0v) is 10.2. The van der Waals surface area contributed by atoms with Crippen molar-refractivity contribution in [3.05, 3.63) is 5.92 Å². The van der Waals surface area contributed by atoms with Gasteiger partial charge in [0.1, 0.15) is 0 Å². The fraction of sp³-hybridized carbons (Fsp3) is 0.556. The first-order valence-corrected chi connectivity index (χ1v) is 4.25. The van der Waals surface area contributed by atoms with Gasteiger partial charge in [0.15, 0.2) is 0 Å². The van der Waals surface area contributed by atoms with Gasteiger partial charge in [0.05, 0.1) is 0 Å². The molecule has 0 aliphatic heterocycles. The summed E-state index contributed by atoms with van der Waals surface area (Å²) in [5, 5.41) is 8.38. The van der Waals surface area contributed by atoms with E-state index in [1.807, 2.05) is 0 Å². The summed E-state index contributed by atoms with van der Waals surface area (Å²) >= 11 is 0. The average molecular weight is 206 g/mol. The van der Waals surface area contributed by atoms with Gasteiger partial charge in [-0.25, -0.2) is 5.92 Å². The summed E-state index contributed by atoms with van der Waals surface area (Å²) < 4.78 is 0. The largest absolute Gasteiger partial charge is 1.00 e. The minimum absolute atomic E-state index is 0. The van der Waals surface area contributed by atoms with E-state index in [9.17, 15) is 14.4 Å². The Balaban J connectivity index is 0.00000169. The summed E-state index contributed by atoms with van der Waals surface area (Å²) in [7, 11) is 0. The van der Waals surface area contributed by atoms with Gasteiger partial charge in [0.25, 0.3) is 0 Å². The molecule has 0 amide bonds. The SMILES string of the molecule is O=C(O)CC[C-]1C(=O)CCCC1=O.[Na+]. The molecule has 14 heavy (non-hydrogen) atoms. The van der Waals surface area contributed by atoms with Crippen LogP contribution in [-0.4, -0.2) is 22.6 Å². The Hall–Kier alpha value is -0.320. The van der Waals surface area contributed by atoms with Gasteiger partial charge in [-0.05, 0) is 19.3 Å². The molecule has 0 aromatic heterocycles. The molecular formula is C9H11NaO4. The van der Waals surface area contributed by atoms with Crippen LogP contribution in [0.25, 0.3) is 0 Å².